The summed E-state index contributed by atoms with van der Waals surface area (Å²) in [6.45, 7) is 1.62. The van der Waals surface area contributed by atoms with Crippen molar-refractivity contribution in [3.8, 4) is 5.75 Å². The number of fused-ring (bicyclic) bond motifs is 2. The van der Waals surface area contributed by atoms with Crippen molar-refractivity contribution in [1.29, 1.82) is 0 Å². The predicted molar refractivity (Wildman–Crippen MR) is 92.8 cm³/mol. The number of aromatic amines is 1. The van der Waals surface area contributed by atoms with Gasteiger partial charge in [0.25, 0.3) is 15.9 Å². The second-order valence-corrected chi connectivity index (χ2v) is 7.42. The summed E-state index contributed by atoms with van der Waals surface area (Å²) in [7, 11) is -3.91. The average Bonchev–Trinajstić information content (AvgIpc) is 2.95. The number of ether oxygens (including phenoxy) is 1. The van der Waals surface area contributed by atoms with Crippen molar-refractivity contribution in [2.75, 3.05) is 10.0 Å². The molecule has 0 saturated heterocycles. The van der Waals surface area contributed by atoms with Gasteiger partial charge in [-0.15, -0.1) is 0 Å². The lowest BCUT2D eigenvalue weighted by Gasteiger charge is -2.23. The van der Waals surface area contributed by atoms with Crippen molar-refractivity contribution in [3.63, 3.8) is 0 Å². The van der Waals surface area contributed by atoms with E-state index in [0.29, 0.717) is 11.4 Å². The molecule has 0 fully saturated rings. The van der Waals surface area contributed by atoms with Crippen LogP contribution in [0.3, 0.4) is 0 Å². The van der Waals surface area contributed by atoms with Crippen molar-refractivity contribution in [3.05, 3.63) is 46.9 Å². The molecule has 26 heavy (non-hydrogen) atoms. The number of hydrogen-bond acceptors (Lipinski definition) is 6. The first-order chi connectivity index (χ1) is 12.3. The van der Waals surface area contributed by atoms with Crippen LogP contribution in [0.4, 0.5) is 11.4 Å². The van der Waals surface area contributed by atoms with E-state index in [-0.39, 0.29) is 27.6 Å². The number of amides is 1. The lowest BCUT2D eigenvalue weighted by atomic mass is 10.2. The van der Waals surface area contributed by atoms with Gasteiger partial charge in [0.15, 0.2) is 11.7 Å². The summed E-state index contributed by atoms with van der Waals surface area (Å²) in [5.41, 5.74) is 1.17. The van der Waals surface area contributed by atoms with Crippen LogP contribution >= 0.6 is 0 Å². The maximum Gasteiger partial charge on any atom is 0.417 e. The minimum atomic E-state index is -3.91. The average molecular weight is 375 g/mol. The fourth-order valence-electron chi connectivity index (χ4n) is 2.58. The zero-order chi connectivity index (χ0) is 18.5. The summed E-state index contributed by atoms with van der Waals surface area (Å²) in [6, 6.07) is 8.58. The van der Waals surface area contributed by atoms with Crippen molar-refractivity contribution in [1.82, 2.24) is 4.98 Å². The fraction of sp³-hybridized carbons (Fsp3) is 0.125. The number of nitrogens with one attached hydrogen (secondary N) is 3. The smallest absolute Gasteiger partial charge is 0.417 e. The Morgan fingerprint density at radius 2 is 1.92 bits per heavy atom. The van der Waals surface area contributed by atoms with E-state index in [1.165, 1.54) is 30.3 Å². The van der Waals surface area contributed by atoms with Crippen molar-refractivity contribution in [2.24, 2.45) is 0 Å². The third-order valence-corrected chi connectivity index (χ3v) is 5.24. The molecule has 1 aliphatic rings. The molecule has 4 rings (SSSR count). The van der Waals surface area contributed by atoms with Gasteiger partial charge < -0.3 is 14.5 Å². The Hall–Kier alpha value is -3.27. The Balaban J connectivity index is 1.66. The maximum absolute atomic E-state index is 12.6. The summed E-state index contributed by atoms with van der Waals surface area (Å²) >= 11 is 0. The van der Waals surface area contributed by atoms with E-state index in [9.17, 15) is 18.0 Å². The molecule has 0 bridgehead atoms. The molecule has 1 amide bonds. The van der Waals surface area contributed by atoms with Crippen molar-refractivity contribution < 1.29 is 22.4 Å². The largest absolute Gasteiger partial charge is 0.479 e. The molecule has 0 spiro atoms. The molecule has 9 nitrogen and oxygen atoms in total. The normalized spacial score (nSPS) is 16.7. The number of anilines is 2. The fourth-order valence-corrected chi connectivity index (χ4v) is 3.66. The number of sulfonamides is 1. The van der Waals surface area contributed by atoms with Crippen LogP contribution in [-0.4, -0.2) is 25.4 Å². The summed E-state index contributed by atoms with van der Waals surface area (Å²) in [6.07, 6.45) is -0.617. The zero-order valence-corrected chi connectivity index (χ0v) is 14.2. The van der Waals surface area contributed by atoms with E-state index in [0.717, 1.165) is 0 Å². The Kier molecular flexibility index (Phi) is 3.51. The maximum atomic E-state index is 12.6. The Bertz CT molecular complexity index is 1190. The van der Waals surface area contributed by atoms with Gasteiger partial charge in [0.2, 0.25) is 0 Å². The molecule has 0 saturated carbocycles. The second-order valence-electron chi connectivity index (χ2n) is 5.74. The monoisotopic (exact) mass is 375 g/mol. The summed E-state index contributed by atoms with van der Waals surface area (Å²) in [5, 5.41) is 2.65. The van der Waals surface area contributed by atoms with E-state index < -0.39 is 21.9 Å². The number of H-pyrrole nitrogens is 1. The SMILES string of the molecule is CC1Oc2ccc(NS(=O)(=O)c3ccc4oc(=O)[nH]c4c3)cc2NC1=O. The number of benzene rings is 2. The number of aromatic nitrogens is 1. The molecule has 1 unspecified atom stereocenters. The summed E-state index contributed by atoms with van der Waals surface area (Å²) in [4.78, 5) is 25.2. The van der Waals surface area contributed by atoms with E-state index in [2.05, 4.69) is 15.0 Å². The Labute approximate surface area is 147 Å². The van der Waals surface area contributed by atoms with E-state index in [4.69, 9.17) is 9.15 Å². The zero-order valence-electron chi connectivity index (χ0n) is 13.4. The van der Waals surface area contributed by atoms with Gasteiger partial charge in [-0.05, 0) is 43.3 Å². The minimum Gasteiger partial charge on any atom is -0.479 e. The Morgan fingerprint density at radius 3 is 2.73 bits per heavy atom. The highest BCUT2D eigenvalue weighted by Gasteiger charge is 2.24. The molecular weight excluding hydrogens is 362 g/mol. The van der Waals surface area contributed by atoms with Crippen molar-refractivity contribution in [2.45, 2.75) is 17.9 Å². The molecule has 134 valence electrons. The van der Waals surface area contributed by atoms with Crippen LogP contribution < -0.4 is 20.5 Å². The quantitative estimate of drug-likeness (QED) is 0.638. The van der Waals surface area contributed by atoms with Gasteiger partial charge in [-0.2, -0.15) is 0 Å². The van der Waals surface area contributed by atoms with Gasteiger partial charge in [-0.1, -0.05) is 0 Å². The van der Waals surface area contributed by atoms with Crippen molar-refractivity contribution >= 4 is 38.4 Å². The number of carbonyl (C=O) groups is 1. The number of hydrogen-bond donors (Lipinski definition) is 3. The topological polar surface area (TPSA) is 130 Å². The molecule has 2 aromatic carbocycles. The molecule has 10 heteroatoms. The highest BCUT2D eigenvalue weighted by molar-refractivity contribution is 7.92. The Morgan fingerprint density at radius 1 is 1.12 bits per heavy atom. The van der Waals surface area contributed by atoms with Crippen LogP contribution in [-0.2, 0) is 14.8 Å². The van der Waals surface area contributed by atoms with Crippen LogP contribution in [0.25, 0.3) is 11.1 Å². The van der Waals surface area contributed by atoms with Gasteiger partial charge in [-0.25, -0.2) is 13.2 Å². The second kappa shape index (κ2) is 5.63. The first-order valence-corrected chi connectivity index (χ1v) is 9.07. The summed E-state index contributed by atoms with van der Waals surface area (Å²) in [5.74, 6) is -0.522. The van der Waals surface area contributed by atoms with Gasteiger partial charge in [0.05, 0.1) is 21.8 Å². The lowest BCUT2D eigenvalue weighted by Crippen LogP contribution is -2.34. The standard InChI is InChI=1S/C16H13N3O6S/c1-8-15(20)17-11-6-9(2-4-13(11)24-8)19-26(22,23)10-3-5-14-12(7-10)18-16(21)25-14/h2-8,19H,1H3,(H,17,20)(H,18,21). The van der Waals surface area contributed by atoms with Gasteiger partial charge in [-0.3, -0.25) is 14.5 Å². The van der Waals surface area contributed by atoms with Crippen LogP contribution in [0.2, 0.25) is 0 Å². The summed E-state index contributed by atoms with van der Waals surface area (Å²) < 4.78 is 37.9. The highest BCUT2D eigenvalue weighted by atomic mass is 32.2. The molecular formula is C16H13N3O6S. The molecule has 3 N–H and O–H groups in total. The molecule has 1 aromatic heterocycles. The van der Waals surface area contributed by atoms with E-state index in [1.54, 1.807) is 13.0 Å². The van der Waals surface area contributed by atoms with Gasteiger partial charge >= 0.3 is 5.76 Å². The van der Waals surface area contributed by atoms with Gasteiger partial charge in [0, 0.05) is 0 Å². The molecule has 0 radical (unpaired) electrons. The van der Waals surface area contributed by atoms with Crippen LogP contribution in [0.15, 0.2) is 50.5 Å². The lowest BCUT2D eigenvalue weighted by molar-refractivity contribution is -0.122. The third-order valence-electron chi connectivity index (χ3n) is 3.86. The van der Waals surface area contributed by atoms with Crippen LogP contribution in [0.5, 0.6) is 5.75 Å². The minimum absolute atomic E-state index is 0.0475. The van der Waals surface area contributed by atoms with E-state index >= 15 is 0 Å². The van der Waals surface area contributed by atoms with Crippen LogP contribution in [0.1, 0.15) is 6.92 Å². The van der Waals surface area contributed by atoms with E-state index in [1.807, 2.05) is 0 Å². The highest BCUT2D eigenvalue weighted by Crippen LogP contribution is 2.33. The molecule has 3 aromatic rings. The van der Waals surface area contributed by atoms with Gasteiger partial charge in [0.1, 0.15) is 5.75 Å². The first kappa shape index (κ1) is 16.2. The molecule has 2 heterocycles. The van der Waals surface area contributed by atoms with Crippen LogP contribution in [0, 0.1) is 0 Å². The molecule has 1 aliphatic heterocycles. The number of carbonyl (C=O) groups excluding carboxylic acids is 1. The molecule has 0 aliphatic carbocycles. The number of oxazole rings is 1. The third kappa shape index (κ3) is 2.80. The first-order valence-electron chi connectivity index (χ1n) is 7.59. The number of rotatable bonds is 3. The molecule has 1 atom stereocenters. The predicted octanol–water partition coefficient (Wildman–Crippen LogP) is 1.64.